The second-order valence-corrected chi connectivity index (χ2v) is 6.74. The van der Waals surface area contributed by atoms with Crippen molar-refractivity contribution in [1.82, 2.24) is 20.0 Å². The molecular formula is C16H24N4O5. The summed E-state index contributed by atoms with van der Waals surface area (Å²) in [4.78, 5) is 63.2. The molecule has 138 valence electrons. The fourth-order valence-electron chi connectivity index (χ4n) is 3.17. The number of likely N-dealkylation sites (N-methyl/N-ethyl adjacent to an activating group) is 1. The zero-order valence-corrected chi connectivity index (χ0v) is 14.8. The smallest absolute Gasteiger partial charge is 0.334 e. The van der Waals surface area contributed by atoms with Crippen molar-refractivity contribution in [2.75, 3.05) is 27.2 Å². The molecule has 25 heavy (non-hydrogen) atoms. The van der Waals surface area contributed by atoms with Crippen molar-refractivity contribution in [3.63, 3.8) is 0 Å². The maximum Gasteiger partial charge on any atom is 0.334 e. The van der Waals surface area contributed by atoms with Crippen molar-refractivity contribution >= 4 is 29.7 Å². The first-order valence-corrected chi connectivity index (χ1v) is 8.40. The van der Waals surface area contributed by atoms with Gasteiger partial charge in [-0.05, 0) is 18.8 Å². The summed E-state index contributed by atoms with van der Waals surface area (Å²) in [6.07, 6.45) is 3.49. The lowest BCUT2D eigenvalue weighted by atomic mass is 9.85. The lowest BCUT2D eigenvalue weighted by Gasteiger charge is -2.34. The van der Waals surface area contributed by atoms with Gasteiger partial charge in [-0.1, -0.05) is 19.8 Å². The predicted octanol–water partition coefficient (Wildman–Crippen LogP) is -0.440. The molecule has 0 aromatic rings. The zero-order valence-electron chi connectivity index (χ0n) is 14.8. The van der Waals surface area contributed by atoms with Crippen molar-refractivity contribution < 1.29 is 24.0 Å². The molecule has 0 radical (unpaired) electrons. The van der Waals surface area contributed by atoms with Crippen molar-refractivity contribution in [3.8, 4) is 0 Å². The first-order chi connectivity index (χ1) is 11.7. The van der Waals surface area contributed by atoms with Gasteiger partial charge < -0.3 is 10.2 Å². The Labute approximate surface area is 146 Å². The van der Waals surface area contributed by atoms with E-state index in [1.54, 1.807) is 14.1 Å². The van der Waals surface area contributed by atoms with E-state index in [0.717, 1.165) is 24.2 Å². The standard InChI is InChI=1S/C16H24N4O5/c1-10-6-4-5-7-11(10)20-15(24)14(23)19(16(20)25)9-12(21)17-8-13(22)18(2)3/h10-11H,4-9H2,1-3H3,(H,17,21)/t10-,11-/m0/s1. The second-order valence-electron chi connectivity index (χ2n) is 6.74. The van der Waals surface area contributed by atoms with E-state index in [1.807, 2.05) is 6.92 Å². The number of hydrogen-bond acceptors (Lipinski definition) is 5. The van der Waals surface area contributed by atoms with Gasteiger partial charge in [0.05, 0.1) is 6.54 Å². The maximum absolute atomic E-state index is 12.5. The summed E-state index contributed by atoms with van der Waals surface area (Å²) in [5, 5.41) is 2.34. The molecule has 2 rings (SSSR count). The molecule has 0 aromatic carbocycles. The molecule has 1 aliphatic carbocycles. The van der Waals surface area contributed by atoms with Gasteiger partial charge in [0.1, 0.15) is 6.54 Å². The van der Waals surface area contributed by atoms with Crippen LogP contribution in [0.4, 0.5) is 4.79 Å². The van der Waals surface area contributed by atoms with E-state index in [2.05, 4.69) is 5.32 Å². The highest BCUT2D eigenvalue weighted by Gasteiger charge is 2.49. The van der Waals surface area contributed by atoms with Gasteiger partial charge in [-0.25, -0.2) is 9.69 Å². The van der Waals surface area contributed by atoms with Gasteiger partial charge >= 0.3 is 17.8 Å². The third-order valence-electron chi connectivity index (χ3n) is 4.72. The van der Waals surface area contributed by atoms with Crippen molar-refractivity contribution in [2.45, 2.75) is 38.6 Å². The third-order valence-corrected chi connectivity index (χ3v) is 4.72. The molecule has 9 heteroatoms. The molecular weight excluding hydrogens is 328 g/mol. The highest BCUT2D eigenvalue weighted by Crippen LogP contribution is 2.31. The third kappa shape index (κ3) is 3.97. The van der Waals surface area contributed by atoms with Gasteiger partial charge in [0.15, 0.2) is 0 Å². The number of rotatable bonds is 5. The number of carbonyl (C=O) groups is 5. The number of amides is 6. The average molecular weight is 352 g/mol. The maximum atomic E-state index is 12.5. The number of carbonyl (C=O) groups excluding carboxylic acids is 5. The lowest BCUT2D eigenvalue weighted by Crippen LogP contribution is -2.47. The van der Waals surface area contributed by atoms with Crippen LogP contribution in [-0.4, -0.2) is 77.6 Å². The molecule has 0 aromatic heterocycles. The molecule has 1 N–H and O–H groups in total. The van der Waals surface area contributed by atoms with Gasteiger partial charge in [-0.15, -0.1) is 0 Å². The molecule has 1 aliphatic heterocycles. The summed E-state index contributed by atoms with van der Waals surface area (Å²) in [5.74, 6) is -2.72. The first-order valence-electron chi connectivity index (χ1n) is 8.40. The number of hydrogen-bond donors (Lipinski definition) is 1. The van der Waals surface area contributed by atoms with Crippen molar-refractivity contribution in [2.24, 2.45) is 5.92 Å². The largest absolute Gasteiger partial charge is 0.347 e. The average Bonchev–Trinajstić information content (AvgIpc) is 2.77. The molecule has 1 heterocycles. The highest BCUT2D eigenvalue weighted by atomic mass is 16.2. The van der Waals surface area contributed by atoms with Crippen LogP contribution in [-0.2, 0) is 19.2 Å². The van der Waals surface area contributed by atoms with Gasteiger partial charge in [0.2, 0.25) is 11.8 Å². The molecule has 6 amide bonds. The van der Waals surface area contributed by atoms with E-state index >= 15 is 0 Å². The van der Waals surface area contributed by atoms with Crippen LogP contribution in [0.1, 0.15) is 32.6 Å². The Bertz CT molecular complexity index is 603. The minimum absolute atomic E-state index is 0.126. The molecule has 1 saturated carbocycles. The molecule has 2 atom stereocenters. The van der Waals surface area contributed by atoms with E-state index in [1.165, 1.54) is 4.90 Å². The van der Waals surface area contributed by atoms with Gasteiger partial charge in [0.25, 0.3) is 0 Å². The van der Waals surface area contributed by atoms with Crippen LogP contribution < -0.4 is 5.32 Å². The molecule has 2 fully saturated rings. The topological polar surface area (TPSA) is 107 Å². The molecule has 2 aliphatic rings. The van der Waals surface area contributed by atoms with Crippen molar-refractivity contribution in [3.05, 3.63) is 0 Å². The summed E-state index contributed by atoms with van der Waals surface area (Å²) in [5.41, 5.74) is 0. The number of nitrogens with one attached hydrogen (secondary N) is 1. The fourth-order valence-corrected chi connectivity index (χ4v) is 3.17. The SMILES string of the molecule is C[C@H]1CCCC[C@@H]1N1C(=O)C(=O)N(CC(=O)NCC(=O)N(C)C)C1=O. The van der Waals surface area contributed by atoms with E-state index in [-0.39, 0.29) is 24.4 Å². The van der Waals surface area contributed by atoms with Gasteiger partial charge in [0, 0.05) is 20.1 Å². The lowest BCUT2D eigenvalue weighted by molar-refractivity contribution is -0.145. The molecule has 0 unspecified atom stereocenters. The van der Waals surface area contributed by atoms with Crippen LogP contribution in [0, 0.1) is 5.92 Å². The zero-order chi connectivity index (χ0) is 18.7. The Morgan fingerprint density at radius 2 is 1.76 bits per heavy atom. The summed E-state index contributed by atoms with van der Waals surface area (Å²) in [6, 6.07) is -1.05. The molecule has 0 spiro atoms. The Balaban J connectivity index is 2.01. The first kappa shape index (κ1) is 18.9. The minimum atomic E-state index is -0.989. The monoisotopic (exact) mass is 352 g/mol. The molecule has 9 nitrogen and oxygen atoms in total. The number of urea groups is 1. The quantitative estimate of drug-likeness (QED) is 0.533. The second kappa shape index (κ2) is 7.62. The van der Waals surface area contributed by atoms with Crippen molar-refractivity contribution in [1.29, 1.82) is 0 Å². The Morgan fingerprint density at radius 1 is 1.12 bits per heavy atom. The van der Waals surface area contributed by atoms with Crippen LogP contribution in [0.2, 0.25) is 0 Å². The molecule has 0 bridgehead atoms. The van der Waals surface area contributed by atoms with Gasteiger partial charge in [-0.3, -0.25) is 24.1 Å². The fraction of sp³-hybridized carbons (Fsp3) is 0.688. The Hall–Kier alpha value is -2.45. The summed E-state index contributed by atoms with van der Waals surface area (Å²) < 4.78 is 0. The minimum Gasteiger partial charge on any atom is -0.347 e. The van der Waals surface area contributed by atoms with Crippen LogP contribution in [0.5, 0.6) is 0 Å². The van der Waals surface area contributed by atoms with Crippen LogP contribution in [0.25, 0.3) is 0 Å². The van der Waals surface area contributed by atoms with E-state index in [4.69, 9.17) is 0 Å². The predicted molar refractivity (Wildman–Crippen MR) is 87.1 cm³/mol. The number of imide groups is 2. The van der Waals surface area contributed by atoms with Crippen LogP contribution >= 0.6 is 0 Å². The van der Waals surface area contributed by atoms with Crippen LogP contribution in [0.15, 0.2) is 0 Å². The summed E-state index contributed by atoms with van der Waals surface area (Å²) in [6.45, 7) is 1.15. The summed E-state index contributed by atoms with van der Waals surface area (Å²) in [7, 11) is 3.09. The van der Waals surface area contributed by atoms with Gasteiger partial charge in [-0.2, -0.15) is 0 Å². The Morgan fingerprint density at radius 3 is 2.36 bits per heavy atom. The van der Waals surface area contributed by atoms with E-state index < -0.39 is 30.3 Å². The Kier molecular flexibility index (Phi) is 5.76. The highest BCUT2D eigenvalue weighted by molar-refractivity contribution is 6.45. The normalized spacial score (nSPS) is 23.9. The summed E-state index contributed by atoms with van der Waals surface area (Å²) >= 11 is 0. The van der Waals surface area contributed by atoms with E-state index in [0.29, 0.717) is 11.3 Å². The molecule has 1 saturated heterocycles. The van der Waals surface area contributed by atoms with Crippen LogP contribution in [0.3, 0.4) is 0 Å². The van der Waals surface area contributed by atoms with E-state index in [9.17, 15) is 24.0 Å². The number of nitrogens with zero attached hydrogens (tertiary/aromatic N) is 3.